The zero-order chi connectivity index (χ0) is 14.7. The van der Waals surface area contributed by atoms with E-state index in [1.165, 1.54) is 0 Å². The fraction of sp³-hybridized carbons (Fsp3) is 0.118. The van der Waals surface area contributed by atoms with Crippen molar-refractivity contribution < 1.29 is 5.11 Å². The number of anilines is 1. The molecule has 0 saturated carbocycles. The Labute approximate surface area is 123 Å². The molecule has 3 N–H and O–H groups in total. The summed E-state index contributed by atoms with van der Waals surface area (Å²) in [4.78, 5) is 4.38. The molecule has 1 unspecified atom stereocenters. The van der Waals surface area contributed by atoms with Crippen LogP contribution in [0.1, 0.15) is 11.7 Å². The average Bonchev–Trinajstić information content (AvgIpc) is 2.97. The van der Waals surface area contributed by atoms with E-state index >= 15 is 0 Å². The number of rotatable bonds is 4. The molecule has 3 aromatic rings. The Hall–Kier alpha value is -2.59. The molecular formula is C17H17N3O. The van der Waals surface area contributed by atoms with Crippen LogP contribution in [0.3, 0.4) is 0 Å². The normalized spacial score (nSPS) is 12.2. The molecule has 0 aliphatic carbocycles. The molecule has 4 heteroatoms. The Morgan fingerprint density at radius 3 is 2.48 bits per heavy atom. The van der Waals surface area contributed by atoms with Gasteiger partial charge in [0.2, 0.25) is 0 Å². The molecule has 3 rings (SSSR count). The van der Waals surface area contributed by atoms with E-state index in [1.54, 1.807) is 18.3 Å². The zero-order valence-corrected chi connectivity index (χ0v) is 11.6. The first-order chi connectivity index (χ1) is 10.2. The molecule has 0 saturated heterocycles. The maximum absolute atomic E-state index is 10.4. The van der Waals surface area contributed by atoms with Crippen molar-refractivity contribution in [3.05, 3.63) is 72.6 Å². The smallest absolute Gasteiger partial charge is 0.139 e. The van der Waals surface area contributed by atoms with Crippen molar-refractivity contribution >= 4 is 5.69 Å². The third kappa shape index (κ3) is 2.95. The Kier molecular flexibility index (Phi) is 3.71. The van der Waals surface area contributed by atoms with Crippen molar-refractivity contribution in [2.75, 3.05) is 5.73 Å². The predicted octanol–water partition coefficient (Wildman–Crippen LogP) is 2.87. The summed E-state index contributed by atoms with van der Waals surface area (Å²) in [5, 5.41) is 10.4. The van der Waals surface area contributed by atoms with E-state index in [0.29, 0.717) is 12.2 Å². The lowest BCUT2D eigenvalue weighted by Gasteiger charge is -2.14. The van der Waals surface area contributed by atoms with E-state index in [-0.39, 0.29) is 0 Å². The summed E-state index contributed by atoms with van der Waals surface area (Å²) < 4.78 is 1.95. The maximum atomic E-state index is 10.4. The molecule has 0 radical (unpaired) electrons. The van der Waals surface area contributed by atoms with Gasteiger partial charge in [0.25, 0.3) is 0 Å². The second-order valence-corrected chi connectivity index (χ2v) is 4.95. The number of aliphatic hydroxyl groups excluding tert-OH is 1. The molecule has 1 aromatic heterocycles. The highest BCUT2D eigenvalue weighted by molar-refractivity contribution is 5.55. The van der Waals surface area contributed by atoms with Crippen LogP contribution in [0, 0.1) is 0 Å². The molecule has 0 fully saturated rings. The fourth-order valence-electron chi connectivity index (χ4n) is 2.31. The molecule has 2 aromatic carbocycles. The minimum absolute atomic E-state index is 0.453. The van der Waals surface area contributed by atoms with Gasteiger partial charge in [-0.15, -0.1) is 0 Å². The molecule has 0 aliphatic rings. The summed E-state index contributed by atoms with van der Waals surface area (Å²) in [5.74, 6) is 0.852. The summed E-state index contributed by atoms with van der Waals surface area (Å²) in [6.07, 6.45) is 3.03. The Morgan fingerprint density at radius 2 is 1.76 bits per heavy atom. The van der Waals surface area contributed by atoms with Crippen LogP contribution < -0.4 is 5.73 Å². The van der Waals surface area contributed by atoms with Gasteiger partial charge in [-0.3, -0.25) is 0 Å². The first-order valence-electron chi connectivity index (χ1n) is 6.84. The number of hydrogen-bond donors (Lipinski definition) is 2. The summed E-state index contributed by atoms with van der Waals surface area (Å²) in [5.41, 5.74) is 8.24. The van der Waals surface area contributed by atoms with Crippen molar-refractivity contribution in [3.8, 4) is 11.4 Å². The van der Waals surface area contributed by atoms with Gasteiger partial charge in [-0.2, -0.15) is 0 Å². The minimum atomic E-state index is -0.595. The molecule has 0 spiro atoms. The van der Waals surface area contributed by atoms with Crippen LogP contribution in [0.25, 0.3) is 11.4 Å². The number of nitrogen functional groups attached to an aromatic ring is 1. The molecule has 21 heavy (non-hydrogen) atoms. The quantitative estimate of drug-likeness (QED) is 0.722. The van der Waals surface area contributed by atoms with Crippen molar-refractivity contribution in [1.82, 2.24) is 9.55 Å². The van der Waals surface area contributed by atoms with Gasteiger partial charge < -0.3 is 15.4 Å². The van der Waals surface area contributed by atoms with Gasteiger partial charge in [0, 0.05) is 23.6 Å². The van der Waals surface area contributed by atoms with Crippen LogP contribution in [-0.4, -0.2) is 14.7 Å². The van der Waals surface area contributed by atoms with Gasteiger partial charge in [-0.05, 0) is 17.7 Å². The van der Waals surface area contributed by atoms with Crippen molar-refractivity contribution in [1.29, 1.82) is 0 Å². The van der Waals surface area contributed by atoms with Crippen molar-refractivity contribution in [2.45, 2.75) is 12.6 Å². The molecule has 0 amide bonds. The lowest BCUT2D eigenvalue weighted by Crippen LogP contribution is -2.09. The van der Waals surface area contributed by atoms with Crippen LogP contribution in [0.2, 0.25) is 0 Å². The van der Waals surface area contributed by atoms with Gasteiger partial charge in [-0.1, -0.05) is 42.5 Å². The van der Waals surface area contributed by atoms with E-state index in [2.05, 4.69) is 4.98 Å². The van der Waals surface area contributed by atoms with E-state index in [9.17, 15) is 5.11 Å². The number of aliphatic hydroxyl groups is 1. The van der Waals surface area contributed by atoms with Gasteiger partial charge in [-0.25, -0.2) is 4.98 Å². The number of benzene rings is 2. The van der Waals surface area contributed by atoms with Crippen LogP contribution >= 0.6 is 0 Å². The molecule has 0 bridgehead atoms. The molecular weight excluding hydrogens is 262 g/mol. The number of nitrogens with two attached hydrogens (primary N) is 1. The second kappa shape index (κ2) is 5.81. The summed E-state index contributed by atoms with van der Waals surface area (Å²) in [6.45, 7) is 0.453. The van der Waals surface area contributed by atoms with Crippen LogP contribution in [0.15, 0.2) is 67.0 Å². The number of aromatic nitrogens is 2. The Bertz CT molecular complexity index is 704. The van der Waals surface area contributed by atoms with E-state index in [0.717, 1.165) is 17.0 Å². The zero-order valence-electron chi connectivity index (χ0n) is 11.6. The topological polar surface area (TPSA) is 64.1 Å². The highest BCUT2D eigenvalue weighted by atomic mass is 16.3. The van der Waals surface area contributed by atoms with E-state index in [1.807, 2.05) is 53.2 Å². The molecule has 1 atom stereocenters. The first kappa shape index (κ1) is 13.4. The molecule has 0 aliphatic heterocycles. The molecule has 1 heterocycles. The predicted molar refractivity (Wildman–Crippen MR) is 83.5 cm³/mol. The van der Waals surface area contributed by atoms with Gasteiger partial charge in [0.05, 0.1) is 12.6 Å². The van der Waals surface area contributed by atoms with Gasteiger partial charge in [0.1, 0.15) is 5.82 Å². The molecule has 4 nitrogen and oxygen atoms in total. The molecule has 106 valence electrons. The van der Waals surface area contributed by atoms with Gasteiger partial charge >= 0.3 is 0 Å². The van der Waals surface area contributed by atoms with Crippen molar-refractivity contribution in [2.24, 2.45) is 0 Å². The summed E-state index contributed by atoms with van der Waals surface area (Å²) in [6, 6.07) is 17.2. The standard InChI is InChI=1S/C17H17N3O/c18-15-8-6-13(7-9-15)16(21)12-20-11-10-19-17(20)14-4-2-1-3-5-14/h1-11,16,21H,12,18H2. The average molecular weight is 279 g/mol. The maximum Gasteiger partial charge on any atom is 0.139 e. The second-order valence-electron chi connectivity index (χ2n) is 4.95. The van der Waals surface area contributed by atoms with Crippen LogP contribution in [0.4, 0.5) is 5.69 Å². The minimum Gasteiger partial charge on any atom is -0.399 e. The monoisotopic (exact) mass is 279 g/mol. The van der Waals surface area contributed by atoms with Crippen LogP contribution in [0.5, 0.6) is 0 Å². The number of imidazole rings is 1. The summed E-state index contributed by atoms with van der Waals surface area (Å²) >= 11 is 0. The van der Waals surface area contributed by atoms with Crippen LogP contribution in [-0.2, 0) is 6.54 Å². The Balaban J connectivity index is 1.83. The summed E-state index contributed by atoms with van der Waals surface area (Å²) in [7, 11) is 0. The Morgan fingerprint density at radius 1 is 1.05 bits per heavy atom. The third-order valence-corrected chi connectivity index (χ3v) is 3.44. The first-order valence-corrected chi connectivity index (χ1v) is 6.84. The highest BCUT2D eigenvalue weighted by Crippen LogP contribution is 2.21. The highest BCUT2D eigenvalue weighted by Gasteiger charge is 2.12. The third-order valence-electron chi connectivity index (χ3n) is 3.44. The van der Waals surface area contributed by atoms with E-state index in [4.69, 9.17) is 5.73 Å². The van der Waals surface area contributed by atoms with Crippen molar-refractivity contribution in [3.63, 3.8) is 0 Å². The number of hydrogen-bond acceptors (Lipinski definition) is 3. The SMILES string of the molecule is Nc1ccc(C(O)Cn2ccnc2-c2ccccc2)cc1. The number of nitrogens with zero attached hydrogens (tertiary/aromatic N) is 2. The lowest BCUT2D eigenvalue weighted by atomic mass is 10.1. The fourth-order valence-corrected chi connectivity index (χ4v) is 2.31. The van der Waals surface area contributed by atoms with E-state index < -0.39 is 6.10 Å². The van der Waals surface area contributed by atoms with Gasteiger partial charge in [0.15, 0.2) is 0 Å². The lowest BCUT2D eigenvalue weighted by molar-refractivity contribution is 0.157. The largest absolute Gasteiger partial charge is 0.399 e.